The maximum absolute atomic E-state index is 12.4. The van der Waals surface area contributed by atoms with Crippen LogP contribution in [-0.2, 0) is 9.53 Å². The summed E-state index contributed by atoms with van der Waals surface area (Å²) < 4.78 is 7.17. The summed E-state index contributed by atoms with van der Waals surface area (Å²) in [5.41, 5.74) is 0.929. The van der Waals surface area contributed by atoms with Crippen LogP contribution in [0.15, 0.2) is 42.7 Å². The number of hydrogen-bond acceptors (Lipinski definition) is 5. The molecular weight excluding hydrogens is 332 g/mol. The molecule has 0 aliphatic carbocycles. The summed E-state index contributed by atoms with van der Waals surface area (Å²) in [5, 5.41) is 10.3. The molecule has 0 bridgehead atoms. The third-order valence-corrected chi connectivity index (χ3v) is 4.19. The monoisotopic (exact) mass is 356 g/mol. The number of amides is 1. The van der Waals surface area contributed by atoms with Crippen LogP contribution >= 0.6 is 0 Å². The Labute approximate surface area is 152 Å². The lowest BCUT2D eigenvalue weighted by molar-refractivity contribution is -0.159. The van der Waals surface area contributed by atoms with E-state index < -0.39 is 5.41 Å². The highest BCUT2D eigenvalue weighted by Gasteiger charge is 2.32. The van der Waals surface area contributed by atoms with E-state index in [1.165, 1.54) is 0 Å². The number of ether oxygens (including phenoxy) is 1. The van der Waals surface area contributed by atoms with Gasteiger partial charge in [0.05, 0.1) is 11.1 Å². The highest BCUT2D eigenvalue weighted by molar-refractivity contribution is 5.94. The lowest BCUT2D eigenvalue weighted by Gasteiger charge is -2.20. The Morgan fingerprint density at radius 1 is 1.27 bits per heavy atom. The Hall–Kier alpha value is -2.67. The van der Waals surface area contributed by atoms with Crippen molar-refractivity contribution in [1.82, 2.24) is 20.4 Å². The summed E-state index contributed by atoms with van der Waals surface area (Å²) >= 11 is 0. The lowest BCUT2D eigenvalue weighted by Crippen LogP contribution is -2.36. The molecule has 2 aromatic rings. The molecule has 1 aliphatic rings. The van der Waals surface area contributed by atoms with Crippen LogP contribution in [0.5, 0.6) is 0 Å². The number of hydrogen-bond donors (Lipinski definition) is 2. The Morgan fingerprint density at radius 2 is 2.00 bits per heavy atom. The van der Waals surface area contributed by atoms with Crippen molar-refractivity contribution in [2.75, 3.05) is 6.54 Å². The van der Waals surface area contributed by atoms with Gasteiger partial charge in [-0.15, -0.1) is 0 Å². The molecule has 0 radical (unpaired) electrons. The van der Waals surface area contributed by atoms with Crippen LogP contribution in [0.2, 0.25) is 0 Å². The number of carbonyl (C=O) groups is 2. The topological polar surface area (TPSA) is 85.2 Å². The van der Waals surface area contributed by atoms with Crippen molar-refractivity contribution in [3.63, 3.8) is 0 Å². The number of benzene rings is 1. The molecule has 7 heteroatoms. The summed E-state index contributed by atoms with van der Waals surface area (Å²) in [4.78, 5) is 24.4. The zero-order valence-corrected chi connectivity index (χ0v) is 15.2. The standard InChI is InChI=1S/C19H24N4O3/c1-19(2,3)18(25)26-16-11-14(12-20-16)22-17(24)13-5-7-15(8-6-13)23-10-4-9-21-23/h4-10,14,16,20H,11-12H2,1-3H3,(H,22,24). The summed E-state index contributed by atoms with van der Waals surface area (Å²) in [6.45, 7) is 6.02. The van der Waals surface area contributed by atoms with Gasteiger partial charge in [0.1, 0.15) is 0 Å². The van der Waals surface area contributed by atoms with Gasteiger partial charge in [0.2, 0.25) is 0 Å². The second kappa shape index (κ2) is 7.29. The van der Waals surface area contributed by atoms with Gasteiger partial charge in [-0.25, -0.2) is 4.68 Å². The van der Waals surface area contributed by atoms with Crippen LogP contribution in [0.4, 0.5) is 0 Å². The van der Waals surface area contributed by atoms with E-state index in [-0.39, 0.29) is 24.1 Å². The van der Waals surface area contributed by atoms with E-state index in [1.54, 1.807) is 23.0 Å². The molecule has 2 N–H and O–H groups in total. The molecule has 1 saturated heterocycles. The van der Waals surface area contributed by atoms with Crippen LogP contribution in [0, 0.1) is 5.41 Å². The van der Waals surface area contributed by atoms with E-state index in [4.69, 9.17) is 4.74 Å². The molecular formula is C19H24N4O3. The number of rotatable bonds is 4. The predicted octanol–water partition coefficient (Wildman–Crippen LogP) is 1.88. The van der Waals surface area contributed by atoms with Crippen molar-refractivity contribution >= 4 is 11.9 Å². The Morgan fingerprint density at radius 3 is 2.62 bits per heavy atom. The average Bonchev–Trinajstić information content (AvgIpc) is 3.26. The summed E-state index contributed by atoms with van der Waals surface area (Å²) in [5.74, 6) is -0.400. The largest absolute Gasteiger partial charge is 0.446 e. The predicted molar refractivity (Wildman–Crippen MR) is 96.8 cm³/mol. The molecule has 7 nitrogen and oxygen atoms in total. The van der Waals surface area contributed by atoms with E-state index in [9.17, 15) is 9.59 Å². The fraction of sp³-hybridized carbons (Fsp3) is 0.421. The van der Waals surface area contributed by atoms with Crippen molar-refractivity contribution in [3.8, 4) is 5.69 Å². The number of aromatic nitrogens is 2. The van der Waals surface area contributed by atoms with Crippen molar-refractivity contribution in [1.29, 1.82) is 0 Å². The minimum atomic E-state index is -0.542. The van der Waals surface area contributed by atoms with E-state index in [1.807, 2.05) is 45.2 Å². The molecule has 26 heavy (non-hydrogen) atoms. The van der Waals surface area contributed by atoms with E-state index in [0.29, 0.717) is 18.5 Å². The third kappa shape index (κ3) is 4.29. The first-order valence-electron chi connectivity index (χ1n) is 8.68. The molecule has 0 spiro atoms. The van der Waals surface area contributed by atoms with Gasteiger partial charge in [-0.1, -0.05) is 0 Å². The summed E-state index contributed by atoms with van der Waals surface area (Å²) in [7, 11) is 0. The fourth-order valence-corrected chi connectivity index (χ4v) is 2.66. The Balaban J connectivity index is 1.53. The molecule has 0 saturated carbocycles. The van der Waals surface area contributed by atoms with E-state index >= 15 is 0 Å². The van der Waals surface area contributed by atoms with Crippen LogP contribution in [0.1, 0.15) is 37.6 Å². The molecule has 3 rings (SSSR count). The van der Waals surface area contributed by atoms with Gasteiger partial charge in [-0.05, 0) is 51.1 Å². The third-order valence-electron chi connectivity index (χ3n) is 4.19. The smallest absolute Gasteiger partial charge is 0.312 e. The van der Waals surface area contributed by atoms with Gasteiger partial charge >= 0.3 is 5.97 Å². The highest BCUT2D eigenvalue weighted by Crippen LogP contribution is 2.19. The quantitative estimate of drug-likeness (QED) is 0.817. The second-order valence-electron chi connectivity index (χ2n) is 7.46. The van der Waals surface area contributed by atoms with Crippen LogP contribution in [0.25, 0.3) is 5.69 Å². The van der Waals surface area contributed by atoms with Crippen LogP contribution in [-0.4, -0.2) is 40.5 Å². The molecule has 1 aromatic carbocycles. The molecule has 1 aromatic heterocycles. The minimum absolute atomic E-state index is 0.0777. The first-order valence-corrected chi connectivity index (χ1v) is 8.68. The number of nitrogens with zero attached hydrogens (tertiary/aromatic N) is 2. The van der Waals surface area contributed by atoms with Crippen molar-refractivity contribution in [2.24, 2.45) is 5.41 Å². The van der Waals surface area contributed by atoms with Gasteiger partial charge < -0.3 is 10.1 Å². The second-order valence-corrected chi connectivity index (χ2v) is 7.46. The summed E-state index contributed by atoms with van der Waals surface area (Å²) in [6.07, 6.45) is 3.74. The molecule has 1 amide bonds. The molecule has 2 atom stereocenters. The van der Waals surface area contributed by atoms with Crippen LogP contribution in [0.3, 0.4) is 0 Å². The van der Waals surface area contributed by atoms with Gasteiger partial charge in [0.15, 0.2) is 6.23 Å². The van der Waals surface area contributed by atoms with Crippen molar-refractivity contribution in [2.45, 2.75) is 39.5 Å². The van der Waals surface area contributed by atoms with E-state index in [0.717, 1.165) is 5.69 Å². The number of carbonyl (C=O) groups excluding carboxylic acids is 2. The van der Waals surface area contributed by atoms with Gasteiger partial charge in [0.25, 0.3) is 5.91 Å². The van der Waals surface area contributed by atoms with Crippen molar-refractivity contribution in [3.05, 3.63) is 48.3 Å². The molecule has 1 aliphatic heterocycles. The van der Waals surface area contributed by atoms with Crippen LogP contribution < -0.4 is 10.6 Å². The average molecular weight is 356 g/mol. The Bertz CT molecular complexity index is 763. The SMILES string of the molecule is CC(C)(C)C(=O)OC1CC(NC(=O)c2ccc(-n3cccn3)cc2)CN1. The minimum Gasteiger partial charge on any atom is -0.446 e. The maximum Gasteiger partial charge on any atom is 0.312 e. The number of nitrogens with one attached hydrogen (secondary N) is 2. The highest BCUT2D eigenvalue weighted by atomic mass is 16.6. The fourth-order valence-electron chi connectivity index (χ4n) is 2.66. The lowest BCUT2D eigenvalue weighted by atomic mass is 9.97. The zero-order valence-electron chi connectivity index (χ0n) is 15.2. The number of esters is 1. The first kappa shape index (κ1) is 18.1. The molecule has 1 fully saturated rings. The van der Waals surface area contributed by atoms with Gasteiger partial charge in [-0.2, -0.15) is 5.10 Å². The van der Waals surface area contributed by atoms with E-state index in [2.05, 4.69) is 15.7 Å². The first-order chi connectivity index (χ1) is 12.3. The zero-order chi connectivity index (χ0) is 18.7. The molecule has 138 valence electrons. The maximum atomic E-state index is 12.4. The summed E-state index contributed by atoms with van der Waals surface area (Å²) in [6, 6.07) is 9.01. The normalized spacial score (nSPS) is 20.0. The molecule has 2 heterocycles. The Kier molecular flexibility index (Phi) is 5.08. The van der Waals surface area contributed by atoms with Crippen molar-refractivity contribution < 1.29 is 14.3 Å². The van der Waals surface area contributed by atoms with Gasteiger partial charge in [0, 0.05) is 37.0 Å². The molecule has 2 unspecified atom stereocenters. The van der Waals surface area contributed by atoms with Gasteiger partial charge in [-0.3, -0.25) is 14.9 Å².